The van der Waals surface area contributed by atoms with Crippen LogP contribution >= 0.6 is 0 Å². The van der Waals surface area contributed by atoms with Crippen LogP contribution in [0.1, 0.15) is 22.8 Å². The van der Waals surface area contributed by atoms with Gasteiger partial charge in [-0.1, -0.05) is 146 Å². The van der Waals surface area contributed by atoms with Crippen molar-refractivity contribution >= 4 is 28.4 Å². The first-order valence-corrected chi connectivity index (χ1v) is 19.0. The molecular weight excluding hydrogens is 685 g/mol. The summed E-state index contributed by atoms with van der Waals surface area (Å²) >= 11 is 0. The van der Waals surface area contributed by atoms with E-state index in [0.717, 1.165) is 50.1 Å². The first-order chi connectivity index (χ1) is 27.7. The van der Waals surface area contributed by atoms with Crippen molar-refractivity contribution in [3.05, 3.63) is 205 Å². The van der Waals surface area contributed by atoms with Crippen LogP contribution in [0.4, 0.5) is 11.4 Å². The van der Waals surface area contributed by atoms with E-state index in [2.05, 4.69) is 187 Å². The van der Waals surface area contributed by atoms with Crippen LogP contribution in [0.15, 0.2) is 192 Å². The van der Waals surface area contributed by atoms with Crippen molar-refractivity contribution in [3.63, 3.8) is 0 Å². The quantitative estimate of drug-likeness (QED) is 0.171. The molecule has 56 heavy (non-hydrogen) atoms. The van der Waals surface area contributed by atoms with Crippen LogP contribution in [0.25, 0.3) is 73.5 Å². The van der Waals surface area contributed by atoms with Crippen LogP contribution in [0.5, 0.6) is 0 Å². The molecule has 0 spiro atoms. The summed E-state index contributed by atoms with van der Waals surface area (Å²) in [5.74, 6) is 2.85. The van der Waals surface area contributed by atoms with E-state index in [4.69, 9.17) is 19.4 Å². The van der Waals surface area contributed by atoms with E-state index >= 15 is 0 Å². The number of fused-ring (bicyclic) bond motifs is 7. The number of benzene rings is 7. The van der Waals surface area contributed by atoms with Crippen LogP contribution in [0.2, 0.25) is 0 Å². The second-order valence-corrected chi connectivity index (χ2v) is 14.4. The summed E-state index contributed by atoms with van der Waals surface area (Å²) in [6.07, 6.45) is 4.44. The van der Waals surface area contributed by atoms with Crippen LogP contribution in [-0.2, 0) is 0 Å². The highest BCUT2D eigenvalue weighted by Crippen LogP contribution is 2.53. The maximum Gasteiger partial charge on any atom is 0.164 e. The van der Waals surface area contributed by atoms with Gasteiger partial charge in [0.2, 0.25) is 0 Å². The molecule has 0 bridgehead atoms. The van der Waals surface area contributed by atoms with Crippen molar-refractivity contribution in [2.24, 2.45) is 0 Å². The fourth-order valence-corrected chi connectivity index (χ4v) is 8.47. The Bertz CT molecular complexity index is 2920. The lowest BCUT2D eigenvalue weighted by atomic mass is 9.82. The minimum absolute atomic E-state index is 0.0937. The molecule has 7 aromatic carbocycles. The summed E-state index contributed by atoms with van der Waals surface area (Å²) < 4.78 is 6.58. The van der Waals surface area contributed by atoms with Crippen molar-refractivity contribution < 1.29 is 4.42 Å². The SMILES string of the molecule is C1=CC2C(c3ccccc3N2c2ccccc2)c2c1oc1ccc(-c3nc(-c4ccc(-c5ccccc5)cc4)nc(-c4cccc(-c5ccccc5)c4)n3)cc21. The molecule has 0 fully saturated rings. The van der Waals surface area contributed by atoms with Gasteiger partial charge >= 0.3 is 0 Å². The van der Waals surface area contributed by atoms with E-state index in [-0.39, 0.29) is 12.0 Å². The van der Waals surface area contributed by atoms with Gasteiger partial charge in [-0.3, -0.25) is 0 Å². The molecule has 2 aliphatic rings. The van der Waals surface area contributed by atoms with Gasteiger partial charge in [0.05, 0.1) is 6.04 Å². The van der Waals surface area contributed by atoms with E-state index < -0.39 is 0 Å². The van der Waals surface area contributed by atoms with Gasteiger partial charge in [-0.2, -0.15) is 0 Å². The summed E-state index contributed by atoms with van der Waals surface area (Å²) in [7, 11) is 0. The van der Waals surface area contributed by atoms with Gasteiger partial charge in [-0.05, 0) is 76.4 Å². The summed E-state index contributed by atoms with van der Waals surface area (Å²) in [4.78, 5) is 17.9. The van der Waals surface area contributed by atoms with Crippen LogP contribution in [0, 0.1) is 0 Å². The van der Waals surface area contributed by atoms with Gasteiger partial charge in [0.1, 0.15) is 11.3 Å². The largest absolute Gasteiger partial charge is 0.456 e. The highest BCUT2D eigenvalue weighted by Gasteiger charge is 2.43. The molecule has 5 nitrogen and oxygen atoms in total. The van der Waals surface area contributed by atoms with Crippen molar-refractivity contribution in [2.75, 3.05) is 4.90 Å². The number of nitrogens with zero attached hydrogens (tertiary/aromatic N) is 4. The van der Waals surface area contributed by atoms with Gasteiger partial charge < -0.3 is 9.32 Å². The number of hydrogen-bond donors (Lipinski definition) is 0. The molecule has 0 saturated heterocycles. The third-order valence-electron chi connectivity index (χ3n) is 11.1. The molecule has 0 N–H and O–H groups in total. The van der Waals surface area contributed by atoms with Gasteiger partial charge in [-0.15, -0.1) is 0 Å². The molecule has 0 radical (unpaired) electrons. The standard InChI is InChI=1S/C51H34N4O/c1-4-13-33(14-5-1)35-23-25-36(26-24-35)49-52-50(38-18-12-17-37(31-38)34-15-6-2-7-16-34)54-51(53-49)39-27-29-45-42(32-39)48-46(56-45)30-28-44-47(48)41-21-10-11-22-43(41)55(44)40-19-8-3-9-20-40/h1-32,44,47H. The predicted molar refractivity (Wildman–Crippen MR) is 226 cm³/mol. The molecule has 1 aliphatic heterocycles. The maximum atomic E-state index is 6.58. The first kappa shape index (κ1) is 32.1. The highest BCUT2D eigenvalue weighted by atomic mass is 16.3. The Morgan fingerprint density at radius 2 is 0.982 bits per heavy atom. The number of anilines is 2. The second-order valence-electron chi connectivity index (χ2n) is 14.4. The van der Waals surface area contributed by atoms with Gasteiger partial charge in [0.15, 0.2) is 17.5 Å². The van der Waals surface area contributed by atoms with Crippen LogP contribution in [-0.4, -0.2) is 21.0 Å². The Hall–Kier alpha value is -7.37. The molecule has 1 aliphatic carbocycles. The summed E-state index contributed by atoms with van der Waals surface area (Å²) in [6, 6.07) is 63.6. The molecule has 5 heteroatoms. The maximum absolute atomic E-state index is 6.58. The van der Waals surface area contributed by atoms with Gasteiger partial charge in [0, 0.05) is 44.9 Å². The van der Waals surface area contributed by atoms with Crippen LogP contribution < -0.4 is 4.90 Å². The lowest BCUT2D eigenvalue weighted by Crippen LogP contribution is -2.30. The fourth-order valence-electron chi connectivity index (χ4n) is 8.47. The number of aromatic nitrogens is 3. The van der Waals surface area contributed by atoms with Crippen molar-refractivity contribution in [3.8, 4) is 56.4 Å². The smallest absolute Gasteiger partial charge is 0.164 e. The third-order valence-corrected chi connectivity index (χ3v) is 11.1. The second kappa shape index (κ2) is 13.2. The van der Waals surface area contributed by atoms with Gasteiger partial charge in [-0.25, -0.2) is 15.0 Å². The minimum atomic E-state index is 0.0937. The molecule has 0 saturated carbocycles. The van der Waals surface area contributed by atoms with E-state index in [1.807, 2.05) is 12.1 Å². The highest BCUT2D eigenvalue weighted by molar-refractivity contribution is 5.92. The average molecular weight is 719 g/mol. The minimum Gasteiger partial charge on any atom is -0.456 e. The fraction of sp³-hybridized carbons (Fsp3) is 0.0392. The Balaban J connectivity index is 1.05. The number of hydrogen-bond acceptors (Lipinski definition) is 5. The van der Waals surface area contributed by atoms with E-state index in [1.165, 1.54) is 28.1 Å². The number of furan rings is 1. The van der Waals surface area contributed by atoms with Crippen molar-refractivity contribution in [2.45, 2.75) is 12.0 Å². The molecule has 11 rings (SSSR count). The Morgan fingerprint density at radius 3 is 1.71 bits per heavy atom. The molecule has 9 aromatic rings. The zero-order valence-corrected chi connectivity index (χ0v) is 30.3. The zero-order chi connectivity index (χ0) is 37.0. The normalized spacial score (nSPS) is 15.4. The average Bonchev–Trinajstić information content (AvgIpc) is 3.82. The number of para-hydroxylation sites is 2. The monoisotopic (exact) mass is 718 g/mol. The predicted octanol–water partition coefficient (Wildman–Crippen LogP) is 12.6. The third kappa shape index (κ3) is 5.44. The molecule has 0 amide bonds. The van der Waals surface area contributed by atoms with E-state index in [0.29, 0.717) is 17.5 Å². The van der Waals surface area contributed by atoms with Crippen molar-refractivity contribution in [1.82, 2.24) is 15.0 Å². The molecule has 2 aromatic heterocycles. The van der Waals surface area contributed by atoms with E-state index in [1.54, 1.807) is 0 Å². The lowest BCUT2D eigenvalue weighted by molar-refractivity contribution is 0.584. The molecular formula is C51H34N4O. The Kier molecular flexibility index (Phi) is 7.56. The molecule has 2 unspecified atom stereocenters. The Labute approximate surface area is 324 Å². The summed E-state index contributed by atoms with van der Waals surface area (Å²) in [5.41, 5.74) is 13.0. The Morgan fingerprint density at radius 1 is 0.446 bits per heavy atom. The molecule has 2 atom stereocenters. The number of rotatable bonds is 6. The van der Waals surface area contributed by atoms with E-state index in [9.17, 15) is 0 Å². The van der Waals surface area contributed by atoms with Crippen molar-refractivity contribution in [1.29, 1.82) is 0 Å². The van der Waals surface area contributed by atoms with Crippen LogP contribution in [0.3, 0.4) is 0 Å². The molecule has 3 heterocycles. The summed E-state index contributed by atoms with van der Waals surface area (Å²) in [5, 5.41) is 1.07. The first-order valence-electron chi connectivity index (χ1n) is 19.0. The summed E-state index contributed by atoms with van der Waals surface area (Å²) in [6.45, 7) is 0. The molecule has 264 valence electrons. The van der Waals surface area contributed by atoms with Gasteiger partial charge in [0.25, 0.3) is 0 Å². The lowest BCUT2D eigenvalue weighted by Gasteiger charge is -2.30. The topological polar surface area (TPSA) is 55.1 Å². The zero-order valence-electron chi connectivity index (χ0n) is 30.3.